The van der Waals surface area contributed by atoms with Crippen LogP contribution in [0.2, 0.25) is 0 Å². The fraction of sp³-hybridized carbons (Fsp3) is 0.900. The second kappa shape index (κ2) is 3.46. The van der Waals surface area contributed by atoms with Crippen LogP contribution < -0.4 is 0 Å². The molecule has 0 unspecified atom stereocenters. The predicted molar refractivity (Wildman–Crippen MR) is 51.5 cm³/mol. The van der Waals surface area contributed by atoms with Crippen molar-refractivity contribution in [2.75, 3.05) is 13.1 Å². The number of hydrogen-bond donors (Lipinski definition) is 0. The van der Waals surface area contributed by atoms with E-state index in [-0.39, 0.29) is 0 Å². The summed E-state index contributed by atoms with van der Waals surface area (Å²) in [4.78, 5) is 6.70. The summed E-state index contributed by atoms with van der Waals surface area (Å²) in [5, 5.41) is 0. The molecule has 0 saturated heterocycles. The summed E-state index contributed by atoms with van der Waals surface area (Å²) in [6.07, 6.45) is 7.64. The molecule has 1 saturated carbocycles. The van der Waals surface area contributed by atoms with Crippen molar-refractivity contribution >= 4 is 6.34 Å². The average Bonchev–Trinajstić information content (AvgIpc) is 2.58. The van der Waals surface area contributed by atoms with Gasteiger partial charge >= 0.3 is 0 Å². The highest BCUT2D eigenvalue weighted by Gasteiger charge is 2.23. The van der Waals surface area contributed by atoms with Gasteiger partial charge in [0.05, 0.1) is 12.9 Å². The summed E-state index contributed by atoms with van der Waals surface area (Å²) in [5.74, 6) is 0.959. The molecule has 0 N–H and O–H groups in total. The lowest BCUT2D eigenvalue weighted by Crippen LogP contribution is -2.35. The lowest BCUT2D eigenvalue weighted by molar-refractivity contribution is 0.229. The first-order chi connectivity index (χ1) is 5.86. The van der Waals surface area contributed by atoms with Crippen LogP contribution >= 0.6 is 0 Å². The van der Waals surface area contributed by atoms with E-state index in [1.807, 2.05) is 0 Å². The first kappa shape index (κ1) is 8.09. The van der Waals surface area contributed by atoms with E-state index >= 15 is 0 Å². The van der Waals surface area contributed by atoms with E-state index in [1.54, 1.807) is 0 Å². The molecule has 0 aromatic rings. The van der Waals surface area contributed by atoms with Crippen LogP contribution in [0.3, 0.4) is 0 Å². The molecule has 1 aliphatic heterocycles. The van der Waals surface area contributed by atoms with Crippen LogP contribution in [0.5, 0.6) is 0 Å². The Morgan fingerprint density at radius 2 is 2.00 bits per heavy atom. The number of nitrogens with zero attached hydrogens (tertiary/aromatic N) is 2. The third kappa shape index (κ3) is 1.62. The highest BCUT2D eigenvalue weighted by atomic mass is 15.2. The van der Waals surface area contributed by atoms with Crippen LogP contribution in [0.4, 0.5) is 0 Å². The van der Waals surface area contributed by atoms with Gasteiger partial charge in [-0.3, -0.25) is 4.99 Å². The van der Waals surface area contributed by atoms with E-state index in [1.165, 1.54) is 32.2 Å². The smallest absolute Gasteiger partial charge is 0.0853 e. The van der Waals surface area contributed by atoms with E-state index < -0.39 is 0 Å². The molecule has 12 heavy (non-hydrogen) atoms. The van der Waals surface area contributed by atoms with Gasteiger partial charge in [-0.1, -0.05) is 6.92 Å². The molecule has 2 aliphatic rings. The van der Waals surface area contributed by atoms with Gasteiger partial charge in [0, 0.05) is 12.6 Å². The summed E-state index contributed by atoms with van der Waals surface area (Å²) >= 11 is 0. The minimum Gasteiger partial charge on any atom is -0.358 e. The lowest BCUT2D eigenvalue weighted by atomic mass is 9.87. The highest BCUT2D eigenvalue weighted by molar-refractivity contribution is 5.57. The fourth-order valence-corrected chi connectivity index (χ4v) is 2.24. The second-order valence-electron chi connectivity index (χ2n) is 4.17. The molecule has 0 aromatic carbocycles. The van der Waals surface area contributed by atoms with Gasteiger partial charge in [0.2, 0.25) is 0 Å². The number of rotatable bonds is 1. The summed E-state index contributed by atoms with van der Waals surface area (Å²) in [6.45, 7) is 4.55. The zero-order chi connectivity index (χ0) is 8.39. The average molecular weight is 166 g/mol. The van der Waals surface area contributed by atoms with E-state index in [0.717, 1.165) is 18.5 Å². The van der Waals surface area contributed by atoms with Gasteiger partial charge in [-0.15, -0.1) is 0 Å². The van der Waals surface area contributed by atoms with Crippen LogP contribution in [-0.2, 0) is 0 Å². The Kier molecular flexibility index (Phi) is 2.33. The quantitative estimate of drug-likeness (QED) is 0.581. The predicted octanol–water partition coefficient (Wildman–Crippen LogP) is 1.91. The van der Waals surface area contributed by atoms with Crippen molar-refractivity contribution in [1.29, 1.82) is 0 Å². The molecular weight excluding hydrogens is 148 g/mol. The maximum absolute atomic E-state index is 4.26. The normalized spacial score (nSPS) is 35.9. The monoisotopic (exact) mass is 166 g/mol. The van der Waals surface area contributed by atoms with Gasteiger partial charge in [0.15, 0.2) is 0 Å². The van der Waals surface area contributed by atoms with Crippen LogP contribution in [0, 0.1) is 5.92 Å². The van der Waals surface area contributed by atoms with Crippen LogP contribution in [0.15, 0.2) is 4.99 Å². The summed E-state index contributed by atoms with van der Waals surface area (Å²) in [6, 6.07) is 0.812. The largest absolute Gasteiger partial charge is 0.358 e. The molecular formula is C10H18N2. The molecule has 0 atom stereocenters. The summed E-state index contributed by atoms with van der Waals surface area (Å²) < 4.78 is 0. The number of aliphatic imine (C=N–C) groups is 1. The van der Waals surface area contributed by atoms with Crippen molar-refractivity contribution < 1.29 is 0 Å². The van der Waals surface area contributed by atoms with Crippen molar-refractivity contribution in [2.45, 2.75) is 38.6 Å². The topological polar surface area (TPSA) is 15.6 Å². The van der Waals surface area contributed by atoms with Crippen molar-refractivity contribution in [3.63, 3.8) is 0 Å². The Hall–Kier alpha value is -0.530. The van der Waals surface area contributed by atoms with Crippen LogP contribution in [-0.4, -0.2) is 30.4 Å². The Bertz CT molecular complexity index is 169. The third-order valence-corrected chi connectivity index (χ3v) is 3.17. The Morgan fingerprint density at radius 1 is 1.25 bits per heavy atom. The minimum absolute atomic E-state index is 0.812. The SMILES string of the molecule is CC1CCC(N2C=NCC2)CC1. The lowest BCUT2D eigenvalue weighted by Gasteiger charge is -2.32. The molecule has 2 nitrogen and oxygen atoms in total. The van der Waals surface area contributed by atoms with Gasteiger partial charge in [-0.2, -0.15) is 0 Å². The maximum Gasteiger partial charge on any atom is 0.0853 e. The van der Waals surface area contributed by atoms with E-state index in [0.29, 0.717) is 0 Å². The molecule has 0 spiro atoms. The van der Waals surface area contributed by atoms with Gasteiger partial charge in [-0.25, -0.2) is 0 Å². The standard InChI is InChI=1S/C10H18N2/c1-9-2-4-10(5-3-9)12-7-6-11-8-12/h8-10H,2-7H2,1H3. The first-order valence-corrected chi connectivity index (χ1v) is 5.12. The fourth-order valence-electron chi connectivity index (χ4n) is 2.24. The van der Waals surface area contributed by atoms with E-state index in [9.17, 15) is 0 Å². The Balaban J connectivity index is 1.84. The third-order valence-electron chi connectivity index (χ3n) is 3.17. The Morgan fingerprint density at radius 3 is 2.58 bits per heavy atom. The first-order valence-electron chi connectivity index (χ1n) is 5.12. The second-order valence-corrected chi connectivity index (χ2v) is 4.17. The molecule has 1 aliphatic carbocycles. The van der Waals surface area contributed by atoms with Crippen molar-refractivity contribution in [3.05, 3.63) is 0 Å². The van der Waals surface area contributed by atoms with Gasteiger partial charge < -0.3 is 4.90 Å². The Labute approximate surface area is 74.7 Å². The highest BCUT2D eigenvalue weighted by Crippen LogP contribution is 2.26. The molecule has 1 fully saturated rings. The summed E-state index contributed by atoms with van der Waals surface area (Å²) in [7, 11) is 0. The minimum atomic E-state index is 0.812. The molecule has 2 heteroatoms. The van der Waals surface area contributed by atoms with Crippen molar-refractivity contribution in [1.82, 2.24) is 4.90 Å². The zero-order valence-electron chi connectivity index (χ0n) is 7.87. The van der Waals surface area contributed by atoms with Gasteiger partial charge in [-0.05, 0) is 31.6 Å². The van der Waals surface area contributed by atoms with Crippen molar-refractivity contribution in [3.8, 4) is 0 Å². The molecule has 0 amide bonds. The maximum atomic E-state index is 4.26. The zero-order valence-corrected chi connectivity index (χ0v) is 7.87. The molecule has 2 rings (SSSR count). The molecule has 0 radical (unpaired) electrons. The molecule has 1 heterocycles. The summed E-state index contributed by atoms with van der Waals surface area (Å²) in [5.41, 5.74) is 0. The van der Waals surface area contributed by atoms with Crippen molar-refractivity contribution in [2.24, 2.45) is 10.9 Å². The molecule has 68 valence electrons. The van der Waals surface area contributed by atoms with Gasteiger partial charge in [0.1, 0.15) is 0 Å². The van der Waals surface area contributed by atoms with E-state index in [2.05, 4.69) is 23.2 Å². The molecule has 0 aromatic heterocycles. The van der Waals surface area contributed by atoms with Crippen LogP contribution in [0.25, 0.3) is 0 Å². The molecule has 0 bridgehead atoms. The number of hydrogen-bond acceptors (Lipinski definition) is 2. The van der Waals surface area contributed by atoms with Crippen LogP contribution in [0.1, 0.15) is 32.6 Å². The van der Waals surface area contributed by atoms with Gasteiger partial charge in [0.25, 0.3) is 0 Å². The van der Waals surface area contributed by atoms with E-state index in [4.69, 9.17) is 0 Å².